The molecule has 0 bridgehead atoms. The summed E-state index contributed by atoms with van der Waals surface area (Å²) in [5, 5.41) is 11.7. The van der Waals surface area contributed by atoms with Crippen LogP contribution in [0.3, 0.4) is 0 Å². The van der Waals surface area contributed by atoms with E-state index in [1.165, 1.54) is 0 Å². The van der Waals surface area contributed by atoms with Gasteiger partial charge >= 0.3 is 5.97 Å². The SMILES string of the molecule is CCNC(=O)CN(CC)CC(=O)N1CCC(C(=O)O)CC1. The zero-order chi connectivity index (χ0) is 15.8. The second kappa shape index (κ2) is 8.61. The van der Waals surface area contributed by atoms with Gasteiger partial charge in [0, 0.05) is 19.6 Å². The maximum absolute atomic E-state index is 12.2. The predicted octanol–water partition coefficient (Wildman–Crippen LogP) is -0.232. The lowest BCUT2D eigenvalue weighted by Gasteiger charge is -2.31. The van der Waals surface area contributed by atoms with Crippen molar-refractivity contribution >= 4 is 17.8 Å². The Morgan fingerprint density at radius 3 is 2.29 bits per heavy atom. The molecule has 2 amide bonds. The number of amides is 2. The van der Waals surface area contributed by atoms with E-state index in [1.54, 1.807) is 9.80 Å². The van der Waals surface area contributed by atoms with E-state index in [4.69, 9.17) is 5.11 Å². The highest BCUT2D eigenvalue weighted by molar-refractivity contribution is 5.81. The van der Waals surface area contributed by atoms with Crippen LogP contribution in [-0.2, 0) is 14.4 Å². The van der Waals surface area contributed by atoms with Crippen molar-refractivity contribution in [3.8, 4) is 0 Å². The van der Waals surface area contributed by atoms with Crippen LogP contribution < -0.4 is 5.32 Å². The summed E-state index contributed by atoms with van der Waals surface area (Å²) in [7, 11) is 0. The predicted molar refractivity (Wildman–Crippen MR) is 77.7 cm³/mol. The zero-order valence-corrected chi connectivity index (χ0v) is 12.8. The summed E-state index contributed by atoms with van der Waals surface area (Å²) in [5.41, 5.74) is 0. The molecule has 0 saturated carbocycles. The van der Waals surface area contributed by atoms with Gasteiger partial charge in [-0.15, -0.1) is 0 Å². The van der Waals surface area contributed by atoms with Gasteiger partial charge in [-0.25, -0.2) is 0 Å². The second-order valence-electron chi connectivity index (χ2n) is 5.25. The first-order valence-corrected chi connectivity index (χ1v) is 7.47. The lowest BCUT2D eigenvalue weighted by atomic mass is 9.97. The molecular weight excluding hydrogens is 274 g/mol. The molecule has 1 aliphatic heterocycles. The molecular formula is C14H25N3O4. The number of likely N-dealkylation sites (N-methyl/N-ethyl adjacent to an activating group) is 2. The van der Waals surface area contributed by atoms with Crippen LogP contribution in [0, 0.1) is 5.92 Å². The molecule has 7 nitrogen and oxygen atoms in total. The van der Waals surface area contributed by atoms with Crippen LogP contribution in [0.1, 0.15) is 26.7 Å². The molecule has 0 atom stereocenters. The van der Waals surface area contributed by atoms with Crippen molar-refractivity contribution in [2.45, 2.75) is 26.7 Å². The normalized spacial score (nSPS) is 16.0. The summed E-state index contributed by atoms with van der Waals surface area (Å²) in [5.74, 6) is -1.25. The van der Waals surface area contributed by atoms with E-state index in [1.807, 2.05) is 13.8 Å². The van der Waals surface area contributed by atoms with Crippen LogP contribution in [-0.4, -0.2) is 72.0 Å². The molecule has 21 heavy (non-hydrogen) atoms. The largest absolute Gasteiger partial charge is 0.481 e. The fraction of sp³-hybridized carbons (Fsp3) is 0.786. The lowest BCUT2D eigenvalue weighted by Crippen LogP contribution is -2.47. The minimum absolute atomic E-state index is 0.0370. The number of nitrogens with one attached hydrogen (secondary N) is 1. The minimum atomic E-state index is -0.784. The van der Waals surface area contributed by atoms with E-state index in [0.717, 1.165) is 0 Å². The highest BCUT2D eigenvalue weighted by Gasteiger charge is 2.27. The second-order valence-corrected chi connectivity index (χ2v) is 5.25. The molecule has 1 fully saturated rings. The van der Waals surface area contributed by atoms with Crippen molar-refractivity contribution in [1.82, 2.24) is 15.1 Å². The van der Waals surface area contributed by atoms with Gasteiger partial charge in [-0.2, -0.15) is 0 Å². The molecule has 1 saturated heterocycles. The molecule has 0 aromatic rings. The number of hydrogen-bond acceptors (Lipinski definition) is 4. The third-order valence-electron chi connectivity index (χ3n) is 3.74. The first-order valence-electron chi connectivity index (χ1n) is 7.47. The van der Waals surface area contributed by atoms with Gasteiger partial charge < -0.3 is 15.3 Å². The smallest absolute Gasteiger partial charge is 0.306 e. The number of carboxylic acid groups (broad SMARTS) is 1. The van der Waals surface area contributed by atoms with Crippen molar-refractivity contribution in [3.63, 3.8) is 0 Å². The molecule has 2 N–H and O–H groups in total. The highest BCUT2D eigenvalue weighted by Crippen LogP contribution is 2.17. The molecule has 120 valence electrons. The van der Waals surface area contributed by atoms with Crippen molar-refractivity contribution in [2.75, 3.05) is 39.3 Å². The number of rotatable bonds is 7. The third kappa shape index (κ3) is 5.71. The molecule has 0 aromatic carbocycles. The number of hydrogen-bond donors (Lipinski definition) is 2. The van der Waals surface area contributed by atoms with E-state index < -0.39 is 5.97 Å². The fourth-order valence-electron chi connectivity index (χ4n) is 2.40. The Hall–Kier alpha value is -1.63. The fourth-order valence-corrected chi connectivity index (χ4v) is 2.40. The van der Waals surface area contributed by atoms with Crippen LogP contribution in [0.2, 0.25) is 0 Å². The Balaban J connectivity index is 2.41. The Morgan fingerprint density at radius 2 is 1.81 bits per heavy atom. The van der Waals surface area contributed by atoms with Crippen LogP contribution in [0.25, 0.3) is 0 Å². The van der Waals surface area contributed by atoms with E-state index in [2.05, 4.69) is 5.32 Å². The summed E-state index contributed by atoms with van der Waals surface area (Å²) in [4.78, 5) is 38.1. The number of carbonyl (C=O) groups excluding carboxylic acids is 2. The summed E-state index contributed by atoms with van der Waals surface area (Å²) < 4.78 is 0. The molecule has 0 unspecified atom stereocenters. The van der Waals surface area contributed by atoms with Gasteiger partial charge in [0.1, 0.15) is 0 Å². The quantitative estimate of drug-likeness (QED) is 0.677. The van der Waals surface area contributed by atoms with Crippen LogP contribution in [0.15, 0.2) is 0 Å². The maximum atomic E-state index is 12.2. The standard InChI is InChI=1S/C14H25N3O4/c1-3-15-12(18)9-16(4-2)10-13(19)17-7-5-11(6-8-17)14(20)21/h11H,3-10H2,1-2H3,(H,15,18)(H,20,21). The van der Waals surface area contributed by atoms with E-state index in [0.29, 0.717) is 39.0 Å². The number of likely N-dealkylation sites (tertiary alicyclic amines) is 1. The summed E-state index contributed by atoms with van der Waals surface area (Å²) in [6.45, 7) is 6.33. The Labute approximate surface area is 125 Å². The number of aliphatic carboxylic acids is 1. The average Bonchev–Trinajstić information content (AvgIpc) is 2.46. The van der Waals surface area contributed by atoms with Gasteiger partial charge in [0.25, 0.3) is 0 Å². The first-order chi connectivity index (χ1) is 9.97. The molecule has 0 aromatic heterocycles. The van der Waals surface area contributed by atoms with Gasteiger partial charge in [0.15, 0.2) is 0 Å². The summed E-state index contributed by atoms with van der Waals surface area (Å²) in [6, 6.07) is 0. The Kier molecular flexibility index (Phi) is 7.14. The molecule has 0 spiro atoms. The van der Waals surface area contributed by atoms with Crippen LogP contribution >= 0.6 is 0 Å². The van der Waals surface area contributed by atoms with Crippen molar-refractivity contribution in [3.05, 3.63) is 0 Å². The summed E-state index contributed by atoms with van der Waals surface area (Å²) in [6.07, 6.45) is 1.01. The average molecular weight is 299 g/mol. The van der Waals surface area contributed by atoms with Gasteiger partial charge in [0.05, 0.1) is 19.0 Å². The first kappa shape index (κ1) is 17.4. The molecule has 1 aliphatic rings. The Bertz CT molecular complexity index is 378. The molecule has 0 radical (unpaired) electrons. The number of carbonyl (C=O) groups is 3. The van der Waals surface area contributed by atoms with Gasteiger partial charge in [-0.05, 0) is 26.3 Å². The molecule has 1 rings (SSSR count). The molecule has 1 heterocycles. The van der Waals surface area contributed by atoms with E-state index in [9.17, 15) is 14.4 Å². The molecule has 7 heteroatoms. The van der Waals surface area contributed by atoms with Gasteiger partial charge in [-0.1, -0.05) is 6.92 Å². The van der Waals surface area contributed by atoms with Crippen LogP contribution in [0.4, 0.5) is 0 Å². The van der Waals surface area contributed by atoms with Gasteiger partial charge in [-0.3, -0.25) is 19.3 Å². The number of piperidine rings is 1. The van der Waals surface area contributed by atoms with Crippen molar-refractivity contribution < 1.29 is 19.5 Å². The Morgan fingerprint density at radius 1 is 1.19 bits per heavy atom. The summed E-state index contributed by atoms with van der Waals surface area (Å²) >= 11 is 0. The topological polar surface area (TPSA) is 90.0 Å². The lowest BCUT2D eigenvalue weighted by molar-refractivity contribution is -0.146. The van der Waals surface area contributed by atoms with Crippen molar-refractivity contribution in [2.24, 2.45) is 5.92 Å². The van der Waals surface area contributed by atoms with E-state index >= 15 is 0 Å². The monoisotopic (exact) mass is 299 g/mol. The maximum Gasteiger partial charge on any atom is 0.306 e. The van der Waals surface area contributed by atoms with Gasteiger partial charge in [0.2, 0.25) is 11.8 Å². The number of nitrogens with zero attached hydrogens (tertiary/aromatic N) is 2. The third-order valence-corrected chi connectivity index (χ3v) is 3.74. The minimum Gasteiger partial charge on any atom is -0.481 e. The van der Waals surface area contributed by atoms with E-state index in [-0.39, 0.29) is 30.8 Å². The van der Waals surface area contributed by atoms with Crippen molar-refractivity contribution in [1.29, 1.82) is 0 Å². The molecule has 0 aliphatic carbocycles. The highest BCUT2D eigenvalue weighted by atomic mass is 16.4. The number of carboxylic acids is 1. The zero-order valence-electron chi connectivity index (χ0n) is 12.8. The van der Waals surface area contributed by atoms with Crippen LogP contribution in [0.5, 0.6) is 0 Å².